The number of rotatable bonds is 4. The maximum absolute atomic E-state index is 12.3. The zero-order valence-electron chi connectivity index (χ0n) is 12.5. The maximum atomic E-state index is 12.3. The quantitative estimate of drug-likeness (QED) is 0.857. The summed E-state index contributed by atoms with van der Waals surface area (Å²) in [6, 6.07) is 3.43. The third-order valence-corrected chi connectivity index (χ3v) is 5.89. The molecule has 2 aliphatic rings. The number of furan rings is 1. The number of hydrogen-bond donors (Lipinski definition) is 1. The van der Waals surface area contributed by atoms with Crippen molar-refractivity contribution >= 4 is 33.6 Å². The molecule has 0 saturated carbocycles. The molecule has 0 aliphatic carbocycles. The standard InChI is InChI=1S/C15H21BrN2O3S/c16-13-2-1-12(21-13)14(19)17-11-15(3-9-22-10-4-15)18-5-7-20-8-6-18/h1-2H,3-11H2,(H,17,19). The average Bonchev–Trinajstić information content (AvgIpc) is 3.01. The lowest BCUT2D eigenvalue weighted by Crippen LogP contribution is -2.60. The minimum atomic E-state index is -0.142. The van der Waals surface area contributed by atoms with E-state index in [2.05, 4.69) is 26.1 Å². The van der Waals surface area contributed by atoms with Crippen LogP contribution in [0.15, 0.2) is 21.2 Å². The summed E-state index contributed by atoms with van der Waals surface area (Å²) in [6.07, 6.45) is 2.22. The van der Waals surface area contributed by atoms with E-state index in [0.29, 0.717) is 17.0 Å². The third kappa shape index (κ3) is 3.69. The summed E-state index contributed by atoms with van der Waals surface area (Å²) in [5.74, 6) is 2.52. The Hall–Kier alpha value is -0.500. The highest BCUT2D eigenvalue weighted by Gasteiger charge is 2.39. The Balaban J connectivity index is 1.66. The minimum Gasteiger partial charge on any atom is -0.444 e. The van der Waals surface area contributed by atoms with Gasteiger partial charge in [-0.25, -0.2) is 0 Å². The second-order valence-electron chi connectivity index (χ2n) is 5.72. The third-order valence-electron chi connectivity index (χ3n) is 4.48. The fourth-order valence-corrected chi connectivity index (χ4v) is 4.72. The van der Waals surface area contributed by atoms with Gasteiger partial charge in [0.1, 0.15) is 0 Å². The Morgan fingerprint density at radius 3 is 2.68 bits per heavy atom. The van der Waals surface area contributed by atoms with E-state index >= 15 is 0 Å². The van der Waals surface area contributed by atoms with Crippen molar-refractivity contribution in [2.24, 2.45) is 0 Å². The summed E-state index contributed by atoms with van der Waals surface area (Å²) in [7, 11) is 0. The highest BCUT2D eigenvalue weighted by molar-refractivity contribution is 9.10. The highest BCUT2D eigenvalue weighted by atomic mass is 79.9. The molecule has 0 unspecified atom stereocenters. The first-order valence-electron chi connectivity index (χ1n) is 7.64. The normalized spacial score (nSPS) is 22.4. The molecule has 5 nitrogen and oxygen atoms in total. The van der Waals surface area contributed by atoms with Gasteiger partial charge in [-0.3, -0.25) is 9.69 Å². The van der Waals surface area contributed by atoms with Crippen molar-refractivity contribution in [3.8, 4) is 0 Å². The Kier molecular flexibility index (Phi) is 5.49. The largest absolute Gasteiger partial charge is 0.444 e. The molecule has 0 radical (unpaired) electrons. The molecule has 0 aromatic carbocycles. The fraction of sp³-hybridized carbons (Fsp3) is 0.667. The maximum Gasteiger partial charge on any atom is 0.287 e. The number of carbonyl (C=O) groups excluding carboxylic acids is 1. The first kappa shape index (κ1) is 16.4. The first-order chi connectivity index (χ1) is 10.7. The van der Waals surface area contributed by atoms with Crippen molar-refractivity contribution in [2.75, 3.05) is 44.4 Å². The summed E-state index contributed by atoms with van der Waals surface area (Å²) in [5, 5.41) is 3.07. The van der Waals surface area contributed by atoms with Gasteiger partial charge in [0.05, 0.1) is 13.2 Å². The van der Waals surface area contributed by atoms with Crippen LogP contribution in [0.3, 0.4) is 0 Å². The Morgan fingerprint density at radius 1 is 1.32 bits per heavy atom. The van der Waals surface area contributed by atoms with Crippen LogP contribution in [0.25, 0.3) is 0 Å². The molecule has 2 saturated heterocycles. The van der Waals surface area contributed by atoms with E-state index in [4.69, 9.17) is 9.15 Å². The second-order valence-corrected chi connectivity index (χ2v) is 7.73. The van der Waals surface area contributed by atoms with Gasteiger partial charge in [-0.05, 0) is 52.4 Å². The van der Waals surface area contributed by atoms with Crippen molar-refractivity contribution in [1.29, 1.82) is 0 Å². The molecule has 1 aromatic rings. The van der Waals surface area contributed by atoms with Gasteiger partial charge in [0.25, 0.3) is 5.91 Å². The van der Waals surface area contributed by atoms with Gasteiger partial charge in [-0.1, -0.05) is 0 Å². The van der Waals surface area contributed by atoms with Crippen molar-refractivity contribution < 1.29 is 13.9 Å². The first-order valence-corrected chi connectivity index (χ1v) is 9.58. The molecule has 3 heterocycles. The summed E-state index contributed by atoms with van der Waals surface area (Å²) < 4.78 is 11.4. The van der Waals surface area contributed by atoms with Gasteiger partial charge < -0.3 is 14.5 Å². The lowest BCUT2D eigenvalue weighted by atomic mass is 9.89. The van der Waals surface area contributed by atoms with Crippen LogP contribution in [0.2, 0.25) is 0 Å². The predicted molar refractivity (Wildman–Crippen MR) is 90.4 cm³/mol. The molecule has 122 valence electrons. The van der Waals surface area contributed by atoms with Gasteiger partial charge in [-0.15, -0.1) is 0 Å². The van der Waals surface area contributed by atoms with E-state index in [-0.39, 0.29) is 11.4 Å². The van der Waals surface area contributed by atoms with E-state index in [1.165, 1.54) is 0 Å². The highest BCUT2D eigenvalue weighted by Crippen LogP contribution is 2.32. The smallest absolute Gasteiger partial charge is 0.287 e. The van der Waals surface area contributed by atoms with E-state index < -0.39 is 0 Å². The molecule has 1 aromatic heterocycles. The molecular weight excluding hydrogens is 368 g/mol. The molecule has 22 heavy (non-hydrogen) atoms. The lowest BCUT2D eigenvalue weighted by Gasteiger charge is -2.47. The van der Waals surface area contributed by atoms with E-state index in [0.717, 1.165) is 50.7 Å². The van der Waals surface area contributed by atoms with Gasteiger partial charge >= 0.3 is 0 Å². The summed E-state index contributed by atoms with van der Waals surface area (Å²) in [6.45, 7) is 4.15. The topological polar surface area (TPSA) is 54.7 Å². The van der Waals surface area contributed by atoms with Gasteiger partial charge in [0.15, 0.2) is 10.4 Å². The number of carbonyl (C=O) groups is 1. The van der Waals surface area contributed by atoms with E-state index in [1.54, 1.807) is 12.1 Å². The molecule has 0 atom stereocenters. The Bertz CT molecular complexity index is 511. The fourth-order valence-electron chi connectivity index (χ4n) is 3.16. The summed E-state index contributed by atoms with van der Waals surface area (Å²) >= 11 is 5.23. The van der Waals surface area contributed by atoms with Crippen LogP contribution in [0.4, 0.5) is 0 Å². The van der Waals surface area contributed by atoms with Crippen LogP contribution < -0.4 is 5.32 Å². The zero-order valence-corrected chi connectivity index (χ0v) is 14.9. The number of thioether (sulfide) groups is 1. The number of amides is 1. The molecule has 7 heteroatoms. The van der Waals surface area contributed by atoms with Crippen molar-refractivity contribution in [2.45, 2.75) is 18.4 Å². The average molecular weight is 389 g/mol. The number of nitrogens with zero attached hydrogens (tertiary/aromatic N) is 1. The van der Waals surface area contributed by atoms with Crippen molar-refractivity contribution in [3.63, 3.8) is 0 Å². The number of nitrogens with one attached hydrogen (secondary N) is 1. The molecule has 3 rings (SSSR count). The number of morpholine rings is 1. The van der Waals surface area contributed by atoms with Gasteiger partial charge in [0.2, 0.25) is 0 Å². The van der Waals surface area contributed by atoms with Crippen LogP contribution in [-0.4, -0.2) is 60.7 Å². The van der Waals surface area contributed by atoms with Crippen molar-refractivity contribution in [1.82, 2.24) is 10.2 Å². The van der Waals surface area contributed by atoms with E-state index in [1.807, 2.05) is 11.8 Å². The molecule has 0 spiro atoms. The lowest BCUT2D eigenvalue weighted by molar-refractivity contribution is -0.0255. The van der Waals surface area contributed by atoms with Gasteiger partial charge in [-0.2, -0.15) is 11.8 Å². The predicted octanol–water partition coefficient (Wildman–Crippen LogP) is 2.37. The second kappa shape index (κ2) is 7.38. The Morgan fingerprint density at radius 2 is 2.05 bits per heavy atom. The zero-order chi connectivity index (χ0) is 15.4. The molecule has 0 bridgehead atoms. The van der Waals surface area contributed by atoms with Crippen LogP contribution in [0, 0.1) is 0 Å². The van der Waals surface area contributed by atoms with Crippen LogP contribution >= 0.6 is 27.7 Å². The summed E-state index contributed by atoms with van der Waals surface area (Å²) in [5.41, 5.74) is 0.0640. The Labute approximate surface area is 143 Å². The van der Waals surface area contributed by atoms with Crippen LogP contribution in [0.5, 0.6) is 0 Å². The summed E-state index contributed by atoms with van der Waals surface area (Å²) in [4.78, 5) is 14.8. The van der Waals surface area contributed by atoms with Gasteiger partial charge in [0, 0.05) is 25.2 Å². The molecule has 1 N–H and O–H groups in total. The molecular formula is C15H21BrN2O3S. The monoisotopic (exact) mass is 388 g/mol. The molecule has 2 aliphatic heterocycles. The minimum absolute atomic E-state index is 0.0640. The van der Waals surface area contributed by atoms with E-state index in [9.17, 15) is 4.79 Å². The number of halogens is 1. The number of ether oxygens (including phenoxy) is 1. The van der Waals surface area contributed by atoms with Crippen LogP contribution in [0.1, 0.15) is 23.4 Å². The van der Waals surface area contributed by atoms with Crippen LogP contribution in [-0.2, 0) is 4.74 Å². The molecule has 1 amide bonds. The van der Waals surface area contributed by atoms with Crippen molar-refractivity contribution in [3.05, 3.63) is 22.6 Å². The molecule has 2 fully saturated rings. The SMILES string of the molecule is O=C(NCC1(N2CCOCC2)CCSCC1)c1ccc(Br)o1. The number of hydrogen-bond acceptors (Lipinski definition) is 5.